The van der Waals surface area contributed by atoms with Gasteiger partial charge in [-0.1, -0.05) is 86.1 Å². The second kappa shape index (κ2) is 7.31. The number of rotatable bonds is 3. The molecule has 0 radical (unpaired) electrons. The van der Waals surface area contributed by atoms with E-state index in [0.29, 0.717) is 0 Å². The summed E-state index contributed by atoms with van der Waals surface area (Å²) in [5.41, 5.74) is 5.66. The lowest BCUT2D eigenvalue weighted by atomic mass is 9.67. The molecule has 0 bridgehead atoms. The minimum Gasteiger partial charge on any atom is -0.339 e. The van der Waals surface area contributed by atoms with Crippen molar-refractivity contribution in [2.24, 2.45) is 0 Å². The predicted molar refractivity (Wildman–Crippen MR) is 140 cm³/mol. The number of aromatic nitrogens is 2. The van der Waals surface area contributed by atoms with E-state index < -0.39 is 5.41 Å². The number of hydrogen-bond donors (Lipinski definition) is 2. The normalized spacial score (nSPS) is 17.6. The number of anilines is 3. The number of carbonyl (C=O) groups excluding carboxylic acids is 1. The van der Waals surface area contributed by atoms with Gasteiger partial charge in [0.1, 0.15) is 11.2 Å². The van der Waals surface area contributed by atoms with Gasteiger partial charge in [0.2, 0.25) is 5.91 Å². The van der Waals surface area contributed by atoms with Crippen LogP contribution >= 0.6 is 0 Å². The maximum atomic E-state index is 14.2. The van der Waals surface area contributed by atoms with Crippen LogP contribution < -0.4 is 10.6 Å². The second-order valence-electron chi connectivity index (χ2n) is 9.25. The van der Waals surface area contributed by atoms with Crippen LogP contribution in [0.4, 0.5) is 17.2 Å². The zero-order valence-corrected chi connectivity index (χ0v) is 19.4. The Balaban J connectivity index is 1.65. The maximum Gasteiger partial charge on any atom is 0.244 e. The first-order valence-electron chi connectivity index (χ1n) is 12.1. The summed E-state index contributed by atoms with van der Waals surface area (Å²) in [6.45, 7) is 2.15. The second-order valence-corrected chi connectivity index (χ2v) is 9.25. The summed E-state index contributed by atoms with van der Waals surface area (Å²) >= 11 is 0. The van der Waals surface area contributed by atoms with Crippen LogP contribution in [0.1, 0.15) is 35.7 Å². The quantitative estimate of drug-likeness (QED) is 0.334. The molecule has 2 aliphatic heterocycles. The molecule has 1 atom stereocenters. The molecule has 2 N–H and O–H groups in total. The third kappa shape index (κ3) is 2.58. The number of fused-ring (bicyclic) bond motifs is 8. The smallest absolute Gasteiger partial charge is 0.244 e. The molecule has 170 valence electrons. The van der Waals surface area contributed by atoms with E-state index >= 15 is 0 Å². The number of benzene rings is 4. The fraction of sp³-hybridized carbons (Fsp3) is 0.133. The molecule has 3 heterocycles. The number of aryl methyl sites for hydroxylation is 1. The summed E-state index contributed by atoms with van der Waals surface area (Å²) in [5.74, 6) is 0.832. The molecule has 5 heteroatoms. The van der Waals surface area contributed by atoms with Gasteiger partial charge in [0.15, 0.2) is 0 Å². The monoisotopic (exact) mass is 456 g/mol. The molecule has 35 heavy (non-hydrogen) atoms. The lowest BCUT2D eigenvalue weighted by Gasteiger charge is -2.36. The fourth-order valence-corrected chi connectivity index (χ4v) is 5.89. The van der Waals surface area contributed by atoms with Crippen molar-refractivity contribution in [3.05, 3.63) is 113 Å². The molecule has 1 aromatic heterocycles. The first kappa shape index (κ1) is 20.0. The van der Waals surface area contributed by atoms with Gasteiger partial charge in [-0.25, -0.2) is 4.68 Å². The van der Waals surface area contributed by atoms with E-state index in [1.165, 1.54) is 0 Å². The van der Waals surface area contributed by atoms with Crippen molar-refractivity contribution in [3.63, 3.8) is 0 Å². The van der Waals surface area contributed by atoms with Crippen LogP contribution in [0.25, 0.3) is 16.5 Å². The Morgan fingerprint density at radius 3 is 2.46 bits per heavy atom. The summed E-state index contributed by atoms with van der Waals surface area (Å²) in [7, 11) is 0. The van der Waals surface area contributed by atoms with Crippen molar-refractivity contribution in [3.8, 4) is 5.69 Å². The highest BCUT2D eigenvalue weighted by atomic mass is 16.2. The van der Waals surface area contributed by atoms with Crippen LogP contribution in [-0.4, -0.2) is 15.7 Å². The molecule has 2 aliphatic rings. The number of carbonyl (C=O) groups is 1. The van der Waals surface area contributed by atoms with Crippen molar-refractivity contribution in [2.45, 2.75) is 25.2 Å². The Morgan fingerprint density at radius 1 is 0.829 bits per heavy atom. The molecule has 7 rings (SSSR count). The van der Waals surface area contributed by atoms with E-state index in [2.05, 4.69) is 60.0 Å². The van der Waals surface area contributed by atoms with Gasteiger partial charge in [0, 0.05) is 27.8 Å². The van der Waals surface area contributed by atoms with E-state index in [0.717, 1.165) is 68.9 Å². The summed E-state index contributed by atoms with van der Waals surface area (Å²) in [5, 5.41) is 14.3. The van der Waals surface area contributed by atoms with Gasteiger partial charge in [-0.05, 0) is 30.0 Å². The first-order chi connectivity index (χ1) is 17.2. The minimum atomic E-state index is -0.978. The van der Waals surface area contributed by atoms with E-state index in [1.54, 1.807) is 0 Å². The van der Waals surface area contributed by atoms with Crippen LogP contribution in [0.5, 0.6) is 0 Å². The summed E-state index contributed by atoms with van der Waals surface area (Å²) in [6.07, 6.45) is 1.71. The minimum absolute atomic E-state index is 0.0251. The Kier molecular flexibility index (Phi) is 4.18. The van der Waals surface area contributed by atoms with Crippen molar-refractivity contribution in [2.75, 3.05) is 10.6 Å². The van der Waals surface area contributed by atoms with Crippen LogP contribution in [0.3, 0.4) is 0 Å². The average Bonchev–Trinajstić information content (AvgIpc) is 3.40. The van der Waals surface area contributed by atoms with Crippen LogP contribution in [0.15, 0.2) is 91.0 Å². The maximum absolute atomic E-state index is 14.2. The van der Waals surface area contributed by atoms with Gasteiger partial charge in [0.25, 0.3) is 0 Å². The molecule has 0 aliphatic carbocycles. The lowest BCUT2D eigenvalue weighted by molar-refractivity contribution is -0.118. The zero-order chi connectivity index (χ0) is 23.6. The van der Waals surface area contributed by atoms with Crippen LogP contribution in [0.2, 0.25) is 0 Å². The fourth-order valence-electron chi connectivity index (χ4n) is 5.89. The Hall–Kier alpha value is -4.38. The van der Waals surface area contributed by atoms with Crippen LogP contribution in [0, 0.1) is 0 Å². The molecular formula is C30H24N4O. The lowest BCUT2D eigenvalue weighted by Crippen LogP contribution is -2.41. The highest BCUT2D eigenvalue weighted by Crippen LogP contribution is 2.57. The van der Waals surface area contributed by atoms with Gasteiger partial charge in [-0.3, -0.25) is 4.79 Å². The van der Waals surface area contributed by atoms with Gasteiger partial charge in [-0.2, -0.15) is 5.10 Å². The summed E-state index contributed by atoms with van der Waals surface area (Å²) < 4.78 is 1.97. The zero-order valence-electron chi connectivity index (χ0n) is 19.4. The molecular weight excluding hydrogens is 432 g/mol. The van der Waals surface area contributed by atoms with E-state index in [4.69, 9.17) is 5.10 Å². The van der Waals surface area contributed by atoms with Gasteiger partial charge < -0.3 is 10.6 Å². The Labute approximate surface area is 203 Å². The van der Waals surface area contributed by atoms with Crippen molar-refractivity contribution in [1.29, 1.82) is 0 Å². The highest BCUT2D eigenvalue weighted by molar-refractivity contribution is 6.16. The topological polar surface area (TPSA) is 59.0 Å². The summed E-state index contributed by atoms with van der Waals surface area (Å²) in [6, 6.07) is 30.8. The van der Waals surface area contributed by atoms with Gasteiger partial charge in [-0.15, -0.1) is 0 Å². The number of nitrogens with zero attached hydrogens (tertiary/aromatic N) is 2. The first-order valence-corrected chi connectivity index (χ1v) is 12.1. The third-order valence-electron chi connectivity index (χ3n) is 7.32. The van der Waals surface area contributed by atoms with E-state index in [-0.39, 0.29) is 5.91 Å². The Bertz CT molecular complexity index is 1640. The molecule has 5 aromatic rings. The van der Waals surface area contributed by atoms with Gasteiger partial charge >= 0.3 is 0 Å². The number of hydrogen-bond acceptors (Lipinski definition) is 3. The van der Waals surface area contributed by atoms with Crippen molar-refractivity contribution >= 4 is 33.9 Å². The predicted octanol–water partition coefficient (Wildman–Crippen LogP) is 6.32. The molecule has 0 saturated heterocycles. The molecule has 1 amide bonds. The number of amides is 1. The molecule has 1 spiro atoms. The molecule has 0 fully saturated rings. The number of nitrogens with one attached hydrogen (secondary N) is 2. The standard InChI is InChI=1S/C30H24N4O/c1-2-10-25-26-28(34(33-25)20-12-4-3-5-13-20)32-27-21-14-7-6-11-19(21)17-18-23(27)30(26)22-15-8-9-16-24(22)31-29(30)35/h3-9,11-18,32H,2,10H2,1H3,(H,31,35). The van der Waals surface area contributed by atoms with Crippen molar-refractivity contribution < 1.29 is 4.79 Å². The molecule has 4 aromatic carbocycles. The van der Waals surface area contributed by atoms with Crippen LogP contribution in [-0.2, 0) is 16.6 Å². The summed E-state index contributed by atoms with van der Waals surface area (Å²) in [4.78, 5) is 14.2. The molecule has 1 unspecified atom stereocenters. The van der Waals surface area contributed by atoms with E-state index in [9.17, 15) is 4.79 Å². The van der Waals surface area contributed by atoms with Crippen molar-refractivity contribution in [1.82, 2.24) is 9.78 Å². The van der Waals surface area contributed by atoms with E-state index in [1.807, 2.05) is 53.2 Å². The molecule has 5 nitrogen and oxygen atoms in total. The average molecular weight is 457 g/mol. The molecule has 0 saturated carbocycles. The highest BCUT2D eigenvalue weighted by Gasteiger charge is 2.56. The largest absolute Gasteiger partial charge is 0.339 e. The third-order valence-corrected chi connectivity index (χ3v) is 7.32. The number of para-hydroxylation sites is 2. The Morgan fingerprint density at radius 2 is 1.60 bits per heavy atom. The van der Waals surface area contributed by atoms with Gasteiger partial charge in [0.05, 0.1) is 17.1 Å². The SMILES string of the molecule is CCCc1nn(-c2ccccc2)c2c1C1(C(=O)Nc3ccccc31)c1ccc3ccccc3c1N2.